The molecule has 0 unspecified atom stereocenters. The van der Waals surface area contributed by atoms with Gasteiger partial charge in [0.2, 0.25) is 0 Å². The summed E-state index contributed by atoms with van der Waals surface area (Å²) in [4.78, 5) is 4.65. The molecule has 0 spiro atoms. The third kappa shape index (κ3) is 4.05. The molecule has 2 heteroatoms. The van der Waals surface area contributed by atoms with Crippen LogP contribution in [-0.2, 0) is 6.42 Å². The number of pyridine rings is 1. The van der Waals surface area contributed by atoms with Gasteiger partial charge in [-0.25, -0.2) is 0 Å². The van der Waals surface area contributed by atoms with Crippen LogP contribution >= 0.6 is 0 Å². The average molecular weight is 420 g/mol. The Kier molecular flexibility index (Phi) is 4.89. The molecule has 2 heterocycles. The summed E-state index contributed by atoms with van der Waals surface area (Å²) in [6.07, 6.45) is 2.95. The van der Waals surface area contributed by atoms with Crippen molar-refractivity contribution in [3.8, 4) is 22.4 Å². The highest BCUT2D eigenvalue weighted by Crippen LogP contribution is 2.35. The zero-order valence-electron chi connectivity index (χ0n) is 19.5. The molecule has 2 nitrogen and oxygen atoms in total. The van der Waals surface area contributed by atoms with Crippen molar-refractivity contribution in [1.82, 2.24) is 4.98 Å². The summed E-state index contributed by atoms with van der Waals surface area (Å²) in [6.45, 7) is 11.1. The Morgan fingerprint density at radius 2 is 1.44 bits per heavy atom. The summed E-state index contributed by atoms with van der Waals surface area (Å²) in [5, 5.41) is 2.27. The molecule has 0 N–H and O–H groups in total. The second kappa shape index (κ2) is 7.63. The SMILES string of the molecule is Cc1cc(C)cc(-c2ccc3c(c2)oc2ccc(-c4cc(CC(C)(C)C)ccn4)cc23)c1. The normalized spacial score (nSPS) is 12.0. The Balaban J connectivity index is 1.57. The summed E-state index contributed by atoms with van der Waals surface area (Å²) >= 11 is 0. The minimum absolute atomic E-state index is 0.247. The lowest BCUT2D eigenvalue weighted by atomic mass is 9.88. The van der Waals surface area contributed by atoms with Gasteiger partial charge in [-0.3, -0.25) is 4.98 Å². The van der Waals surface area contributed by atoms with Crippen molar-refractivity contribution in [2.75, 3.05) is 0 Å². The Bertz CT molecular complexity index is 1430. The van der Waals surface area contributed by atoms with Crippen LogP contribution in [-0.4, -0.2) is 4.98 Å². The lowest BCUT2D eigenvalue weighted by Crippen LogP contribution is -2.09. The minimum atomic E-state index is 0.247. The van der Waals surface area contributed by atoms with Crippen molar-refractivity contribution in [3.63, 3.8) is 0 Å². The van der Waals surface area contributed by atoms with Gasteiger partial charge in [-0.1, -0.05) is 56.2 Å². The van der Waals surface area contributed by atoms with Crippen molar-refractivity contribution in [2.45, 2.75) is 41.0 Å². The highest BCUT2D eigenvalue weighted by molar-refractivity contribution is 6.07. The lowest BCUT2D eigenvalue weighted by Gasteiger charge is -2.18. The van der Waals surface area contributed by atoms with Crippen LogP contribution in [0.3, 0.4) is 0 Å². The number of hydrogen-bond donors (Lipinski definition) is 0. The maximum atomic E-state index is 6.24. The predicted molar refractivity (Wildman–Crippen MR) is 135 cm³/mol. The standard InChI is InChI=1S/C30H29NO/c1-19-12-20(2)14-24(13-19)22-6-8-25-26-16-23(7-9-28(26)32-29(25)17-22)27-15-21(10-11-31-27)18-30(3,4)5/h6-17H,18H2,1-5H3. The van der Waals surface area contributed by atoms with Crippen molar-refractivity contribution in [3.05, 3.63) is 89.6 Å². The molecule has 0 radical (unpaired) electrons. The molecule has 0 aliphatic heterocycles. The Labute approximate surface area is 189 Å². The third-order valence-electron chi connectivity index (χ3n) is 5.88. The molecule has 2 aromatic heterocycles. The molecule has 0 aliphatic rings. The predicted octanol–water partition coefficient (Wildman–Crippen LogP) is 8.52. The number of nitrogens with zero attached hydrogens (tertiary/aromatic N) is 1. The first-order chi connectivity index (χ1) is 15.2. The zero-order chi connectivity index (χ0) is 22.5. The monoisotopic (exact) mass is 419 g/mol. The molecular weight excluding hydrogens is 390 g/mol. The topological polar surface area (TPSA) is 26.0 Å². The smallest absolute Gasteiger partial charge is 0.136 e. The van der Waals surface area contributed by atoms with Gasteiger partial charge in [0.25, 0.3) is 0 Å². The summed E-state index contributed by atoms with van der Waals surface area (Å²) in [7, 11) is 0. The van der Waals surface area contributed by atoms with Crippen LogP contribution in [0.5, 0.6) is 0 Å². The van der Waals surface area contributed by atoms with Crippen LogP contribution in [0, 0.1) is 19.3 Å². The number of rotatable bonds is 3. The molecular formula is C30H29NO. The van der Waals surface area contributed by atoms with E-state index in [4.69, 9.17) is 4.42 Å². The number of aryl methyl sites for hydroxylation is 2. The minimum Gasteiger partial charge on any atom is -0.456 e. The number of aromatic nitrogens is 1. The van der Waals surface area contributed by atoms with E-state index < -0.39 is 0 Å². The lowest BCUT2D eigenvalue weighted by molar-refractivity contribution is 0.411. The summed E-state index contributed by atoms with van der Waals surface area (Å²) in [5.74, 6) is 0. The maximum Gasteiger partial charge on any atom is 0.136 e. The van der Waals surface area contributed by atoms with Crippen LogP contribution in [0.1, 0.15) is 37.5 Å². The molecule has 0 fully saturated rings. The highest BCUT2D eigenvalue weighted by Gasteiger charge is 2.14. The van der Waals surface area contributed by atoms with Gasteiger partial charge in [0.15, 0.2) is 0 Å². The molecule has 0 saturated heterocycles. The fourth-order valence-electron chi connectivity index (χ4n) is 4.61. The van der Waals surface area contributed by atoms with Crippen LogP contribution < -0.4 is 0 Å². The van der Waals surface area contributed by atoms with E-state index in [9.17, 15) is 0 Å². The van der Waals surface area contributed by atoms with E-state index in [1.165, 1.54) is 27.8 Å². The average Bonchev–Trinajstić information content (AvgIpc) is 3.09. The van der Waals surface area contributed by atoms with E-state index in [1.807, 2.05) is 6.20 Å². The largest absolute Gasteiger partial charge is 0.456 e. The third-order valence-corrected chi connectivity index (χ3v) is 5.88. The van der Waals surface area contributed by atoms with Gasteiger partial charge in [0, 0.05) is 22.5 Å². The van der Waals surface area contributed by atoms with E-state index in [0.29, 0.717) is 0 Å². The van der Waals surface area contributed by atoms with Gasteiger partial charge in [-0.05, 0) is 84.8 Å². The van der Waals surface area contributed by atoms with E-state index in [-0.39, 0.29) is 5.41 Å². The van der Waals surface area contributed by atoms with Crippen LogP contribution in [0.2, 0.25) is 0 Å². The molecule has 0 bridgehead atoms. The Morgan fingerprint density at radius 3 is 2.19 bits per heavy atom. The van der Waals surface area contributed by atoms with Crippen molar-refractivity contribution >= 4 is 21.9 Å². The fraction of sp³-hybridized carbons (Fsp3) is 0.233. The first-order valence-corrected chi connectivity index (χ1v) is 11.3. The Hall–Kier alpha value is -3.39. The first kappa shape index (κ1) is 20.5. The number of fused-ring (bicyclic) bond motifs is 3. The van der Waals surface area contributed by atoms with Gasteiger partial charge in [-0.2, -0.15) is 0 Å². The second-order valence-electron chi connectivity index (χ2n) is 10.2. The van der Waals surface area contributed by atoms with Crippen molar-refractivity contribution in [1.29, 1.82) is 0 Å². The van der Waals surface area contributed by atoms with Gasteiger partial charge in [0.1, 0.15) is 11.2 Å². The van der Waals surface area contributed by atoms with E-state index in [2.05, 4.69) is 106 Å². The maximum absolute atomic E-state index is 6.24. The van der Waals surface area contributed by atoms with Gasteiger partial charge < -0.3 is 4.42 Å². The molecule has 0 aliphatic carbocycles. The first-order valence-electron chi connectivity index (χ1n) is 11.3. The van der Waals surface area contributed by atoms with Gasteiger partial charge >= 0.3 is 0 Å². The molecule has 0 atom stereocenters. The molecule has 5 rings (SSSR count). The summed E-state index contributed by atoms with van der Waals surface area (Å²) in [6, 6.07) is 23.9. The summed E-state index contributed by atoms with van der Waals surface area (Å²) in [5.41, 5.74) is 10.5. The van der Waals surface area contributed by atoms with E-state index >= 15 is 0 Å². The quantitative estimate of drug-likeness (QED) is 0.293. The molecule has 0 saturated carbocycles. The van der Waals surface area contributed by atoms with Crippen molar-refractivity contribution in [2.24, 2.45) is 5.41 Å². The van der Waals surface area contributed by atoms with Crippen LogP contribution in [0.25, 0.3) is 44.3 Å². The Morgan fingerprint density at radius 1 is 0.688 bits per heavy atom. The number of hydrogen-bond acceptors (Lipinski definition) is 2. The number of benzene rings is 3. The highest BCUT2D eigenvalue weighted by atomic mass is 16.3. The molecule has 32 heavy (non-hydrogen) atoms. The van der Waals surface area contributed by atoms with E-state index in [0.717, 1.165) is 39.6 Å². The molecule has 0 amide bonds. The van der Waals surface area contributed by atoms with Gasteiger partial charge in [-0.15, -0.1) is 0 Å². The van der Waals surface area contributed by atoms with Crippen LogP contribution in [0.15, 0.2) is 77.3 Å². The molecule has 3 aromatic carbocycles. The summed E-state index contributed by atoms with van der Waals surface area (Å²) < 4.78 is 6.24. The van der Waals surface area contributed by atoms with Crippen LogP contribution in [0.4, 0.5) is 0 Å². The molecule has 5 aromatic rings. The second-order valence-corrected chi connectivity index (χ2v) is 10.2. The fourth-order valence-corrected chi connectivity index (χ4v) is 4.61. The number of furan rings is 1. The van der Waals surface area contributed by atoms with Gasteiger partial charge in [0.05, 0.1) is 5.69 Å². The van der Waals surface area contributed by atoms with Crippen molar-refractivity contribution < 1.29 is 4.42 Å². The van der Waals surface area contributed by atoms with E-state index in [1.54, 1.807) is 0 Å². The zero-order valence-corrected chi connectivity index (χ0v) is 19.5. The molecule has 160 valence electrons.